The molecule has 1 heterocycles. The molecule has 3 N–H and O–H groups in total. The standard InChI is InChI=1S/C11H16N2.C5H10O2/c12-10-6-4-9(5-7-10)11-3-1-2-8-13-11;1-5(2,3)7-4-6/h4-7,11,13H,1-3,8,12H2;4H,1-3H3. The highest BCUT2D eigenvalue weighted by atomic mass is 16.5. The zero-order chi connectivity index (χ0) is 15.0. The molecule has 0 aliphatic carbocycles. The van der Waals surface area contributed by atoms with Gasteiger partial charge in [-0.15, -0.1) is 0 Å². The molecule has 1 fully saturated rings. The van der Waals surface area contributed by atoms with Crippen molar-refractivity contribution in [3.05, 3.63) is 29.8 Å². The third-order valence-electron chi connectivity index (χ3n) is 3.05. The number of piperidine rings is 1. The van der Waals surface area contributed by atoms with Gasteiger partial charge in [-0.05, 0) is 57.9 Å². The summed E-state index contributed by atoms with van der Waals surface area (Å²) in [6.07, 6.45) is 3.90. The molecule has 2 rings (SSSR count). The number of nitrogen functional groups attached to an aromatic ring is 1. The van der Waals surface area contributed by atoms with E-state index in [2.05, 4.69) is 22.2 Å². The Bertz CT molecular complexity index is 390. The summed E-state index contributed by atoms with van der Waals surface area (Å²) in [4.78, 5) is 9.60. The Morgan fingerprint density at radius 3 is 2.30 bits per heavy atom. The normalized spacial score (nSPS) is 18.6. The molecule has 1 unspecified atom stereocenters. The van der Waals surface area contributed by atoms with Gasteiger partial charge in [0, 0.05) is 11.7 Å². The summed E-state index contributed by atoms with van der Waals surface area (Å²) in [7, 11) is 0. The molecule has 0 aromatic heterocycles. The number of benzene rings is 1. The van der Waals surface area contributed by atoms with E-state index in [0.717, 1.165) is 12.2 Å². The van der Waals surface area contributed by atoms with E-state index in [1.54, 1.807) is 0 Å². The van der Waals surface area contributed by atoms with E-state index in [9.17, 15) is 4.79 Å². The lowest BCUT2D eigenvalue weighted by atomic mass is 9.97. The van der Waals surface area contributed by atoms with Crippen molar-refractivity contribution in [2.75, 3.05) is 12.3 Å². The first-order chi connectivity index (χ1) is 9.42. The van der Waals surface area contributed by atoms with Crippen LogP contribution >= 0.6 is 0 Å². The zero-order valence-electron chi connectivity index (χ0n) is 12.7. The quantitative estimate of drug-likeness (QED) is 0.644. The summed E-state index contributed by atoms with van der Waals surface area (Å²) in [5, 5.41) is 3.51. The van der Waals surface area contributed by atoms with Gasteiger partial charge in [0.1, 0.15) is 5.60 Å². The van der Waals surface area contributed by atoms with Crippen molar-refractivity contribution in [1.29, 1.82) is 0 Å². The number of anilines is 1. The van der Waals surface area contributed by atoms with Crippen molar-refractivity contribution in [3.63, 3.8) is 0 Å². The highest BCUT2D eigenvalue weighted by molar-refractivity contribution is 5.40. The largest absolute Gasteiger partial charge is 0.462 e. The Balaban J connectivity index is 0.000000246. The van der Waals surface area contributed by atoms with Crippen LogP contribution in [0.3, 0.4) is 0 Å². The Kier molecular flexibility index (Phi) is 6.52. The van der Waals surface area contributed by atoms with Crippen LogP contribution in [0.1, 0.15) is 51.6 Å². The first kappa shape index (κ1) is 16.5. The average molecular weight is 278 g/mol. The molecular formula is C16H26N2O2. The van der Waals surface area contributed by atoms with Gasteiger partial charge >= 0.3 is 0 Å². The fourth-order valence-corrected chi connectivity index (χ4v) is 2.01. The summed E-state index contributed by atoms with van der Waals surface area (Å²) >= 11 is 0. The van der Waals surface area contributed by atoms with E-state index < -0.39 is 0 Å². The Labute approximate surface area is 121 Å². The van der Waals surface area contributed by atoms with E-state index in [1.807, 2.05) is 32.9 Å². The van der Waals surface area contributed by atoms with Gasteiger partial charge in [-0.2, -0.15) is 0 Å². The molecular weight excluding hydrogens is 252 g/mol. The maximum Gasteiger partial charge on any atom is 0.293 e. The van der Waals surface area contributed by atoms with Crippen molar-refractivity contribution in [2.45, 2.75) is 51.7 Å². The molecule has 0 saturated carbocycles. The second-order valence-electron chi connectivity index (χ2n) is 6.00. The van der Waals surface area contributed by atoms with E-state index in [1.165, 1.54) is 24.8 Å². The summed E-state index contributed by atoms with van der Waals surface area (Å²) in [5.41, 5.74) is 7.53. The number of rotatable bonds is 2. The van der Waals surface area contributed by atoms with Crippen LogP contribution in [-0.4, -0.2) is 18.6 Å². The molecule has 1 aliphatic rings. The van der Waals surface area contributed by atoms with Gasteiger partial charge in [0.25, 0.3) is 6.47 Å². The van der Waals surface area contributed by atoms with Crippen LogP contribution in [0.15, 0.2) is 24.3 Å². The number of nitrogens with two attached hydrogens (primary N) is 1. The Morgan fingerprint density at radius 2 is 1.90 bits per heavy atom. The lowest BCUT2D eigenvalue weighted by Gasteiger charge is -2.23. The van der Waals surface area contributed by atoms with Crippen LogP contribution in [0.5, 0.6) is 0 Å². The fraction of sp³-hybridized carbons (Fsp3) is 0.562. The summed E-state index contributed by atoms with van der Waals surface area (Å²) in [6, 6.07) is 8.75. The monoisotopic (exact) mass is 278 g/mol. The van der Waals surface area contributed by atoms with Crippen molar-refractivity contribution in [3.8, 4) is 0 Å². The van der Waals surface area contributed by atoms with Gasteiger partial charge in [-0.3, -0.25) is 4.79 Å². The van der Waals surface area contributed by atoms with Gasteiger partial charge in [-0.1, -0.05) is 18.6 Å². The van der Waals surface area contributed by atoms with Crippen molar-refractivity contribution < 1.29 is 9.53 Å². The van der Waals surface area contributed by atoms with Gasteiger partial charge in [0.2, 0.25) is 0 Å². The molecule has 1 saturated heterocycles. The highest BCUT2D eigenvalue weighted by Crippen LogP contribution is 2.23. The van der Waals surface area contributed by atoms with Crippen LogP contribution in [-0.2, 0) is 9.53 Å². The van der Waals surface area contributed by atoms with Crippen LogP contribution in [0.2, 0.25) is 0 Å². The Hall–Kier alpha value is -1.55. The first-order valence-electron chi connectivity index (χ1n) is 7.12. The maximum absolute atomic E-state index is 9.60. The average Bonchev–Trinajstić information content (AvgIpc) is 2.40. The summed E-state index contributed by atoms with van der Waals surface area (Å²) in [6.45, 7) is 7.07. The van der Waals surface area contributed by atoms with Crippen molar-refractivity contribution in [1.82, 2.24) is 5.32 Å². The molecule has 4 heteroatoms. The van der Waals surface area contributed by atoms with Crippen LogP contribution in [0, 0.1) is 0 Å². The Morgan fingerprint density at radius 1 is 1.25 bits per heavy atom. The van der Waals surface area contributed by atoms with Crippen LogP contribution in [0.25, 0.3) is 0 Å². The third kappa shape index (κ3) is 6.57. The number of carbonyl (C=O) groups is 1. The number of hydrogen-bond donors (Lipinski definition) is 2. The zero-order valence-corrected chi connectivity index (χ0v) is 12.7. The molecule has 0 radical (unpaired) electrons. The number of nitrogens with one attached hydrogen (secondary N) is 1. The minimum Gasteiger partial charge on any atom is -0.462 e. The molecule has 112 valence electrons. The fourth-order valence-electron chi connectivity index (χ4n) is 2.01. The van der Waals surface area contributed by atoms with Crippen molar-refractivity contribution >= 4 is 12.2 Å². The molecule has 0 bridgehead atoms. The molecule has 0 spiro atoms. The number of carbonyl (C=O) groups excluding carboxylic acids is 1. The van der Waals surface area contributed by atoms with E-state index in [4.69, 9.17) is 5.73 Å². The molecule has 4 nitrogen and oxygen atoms in total. The van der Waals surface area contributed by atoms with Crippen LogP contribution < -0.4 is 11.1 Å². The summed E-state index contributed by atoms with van der Waals surface area (Å²) < 4.78 is 4.55. The molecule has 20 heavy (non-hydrogen) atoms. The molecule has 1 aromatic rings. The van der Waals surface area contributed by atoms with Gasteiger partial charge in [0.15, 0.2) is 0 Å². The minimum atomic E-state index is -0.318. The number of hydrogen-bond acceptors (Lipinski definition) is 4. The topological polar surface area (TPSA) is 64.3 Å². The van der Waals surface area contributed by atoms with E-state index in [0.29, 0.717) is 12.5 Å². The highest BCUT2D eigenvalue weighted by Gasteiger charge is 2.13. The summed E-state index contributed by atoms with van der Waals surface area (Å²) in [5.74, 6) is 0. The van der Waals surface area contributed by atoms with E-state index in [-0.39, 0.29) is 5.60 Å². The lowest BCUT2D eigenvalue weighted by Crippen LogP contribution is -2.26. The van der Waals surface area contributed by atoms with Crippen molar-refractivity contribution in [2.24, 2.45) is 0 Å². The number of ether oxygens (including phenoxy) is 1. The maximum atomic E-state index is 9.60. The minimum absolute atomic E-state index is 0.318. The third-order valence-corrected chi connectivity index (χ3v) is 3.05. The van der Waals surface area contributed by atoms with Gasteiger partial charge in [0.05, 0.1) is 0 Å². The molecule has 1 aromatic carbocycles. The van der Waals surface area contributed by atoms with E-state index >= 15 is 0 Å². The lowest BCUT2D eigenvalue weighted by molar-refractivity contribution is -0.138. The predicted octanol–water partition coefficient (Wildman–Crippen LogP) is 3.04. The molecule has 0 amide bonds. The first-order valence-corrected chi connectivity index (χ1v) is 7.12. The van der Waals surface area contributed by atoms with Gasteiger partial charge in [-0.25, -0.2) is 0 Å². The predicted molar refractivity (Wildman–Crippen MR) is 82.4 cm³/mol. The molecule has 1 atom stereocenters. The molecule has 1 aliphatic heterocycles. The second kappa shape index (κ2) is 7.90. The smallest absolute Gasteiger partial charge is 0.293 e. The second-order valence-corrected chi connectivity index (χ2v) is 6.00. The SMILES string of the molecule is CC(C)(C)OC=O.Nc1ccc(C2CCCCN2)cc1. The van der Waals surface area contributed by atoms with Crippen LogP contribution in [0.4, 0.5) is 5.69 Å². The van der Waals surface area contributed by atoms with Gasteiger partial charge < -0.3 is 15.8 Å².